The first-order valence-electron chi connectivity index (χ1n) is 7.79. The maximum atomic E-state index is 12.5. The number of thiophene rings is 1. The number of hydrogen-bond donors (Lipinski definition) is 1. The summed E-state index contributed by atoms with van der Waals surface area (Å²) in [5.74, 6) is 4.40. The monoisotopic (exact) mass is 368 g/mol. The fourth-order valence-electron chi connectivity index (χ4n) is 2.41. The second-order valence-electron chi connectivity index (χ2n) is 5.54. The predicted octanol–water partition coefficient (Wildman–Crippen LogP) is 1.97. The van der Waals surface area contributed by atoms with E-state index < -0.39 is 11.8 Å². The SMILES string of the molecule is NN(C(=O)C1=CN(CC(=O)c2cccs2)C=CC1)C(=O)c1cccnc1. The smallest absolute Gasteiger partial charge is 0.276 e. The Morgan fingerprint density at radius 2 is 2.08 bits per heavy atom. The topological polar surface area (TPSA) is 96.6 Å². The summed E-state index contributed by atoms with van der Waals surface area (Å²) in [6, 6.07) is 6.69. The molecule has 0 aliphatic carbocycles. The lowest BCUT2D eigenvalue weighted by Crippen LogP contribution is -2.44. The highest BCUT2D eigenvalue weighted by Gasteiger charge is 2.24. The van der Waals surface area contributed by atoms with Gasteiger partial charge in [0.15, 0.2) is 5.78 Å². The summed E-state index contributed by atoms with van der Waals surface area (Å²) in [4.78, 5) is 43.1. The third-order valence-electron chi connectivity index (χ3n) is 3.70. The Balaban J connectivity index is 1.69. The van der Waals surface area contributed by atoms with Crippen molar-refractivity contribution in [3.8, 4) is 0 Å². The maximum Gasteiger partial charge on any atom is 0.276 e. The van der Waals surface area contributed by atoms with Gasteiger partial charge in [-0.15, -0.1) is 11.3 Å². The number of ketones is 1. The molecule has 8 heteroatoms. The van der Waals surface area contributed by atoms with E-state index in [2.05, 4.69) is 4.98 Å². The molecular weight excluding hydrogens is 352 g/mol. The van der Waals surface area contributed by atoms with Crippen LogP contribution in [0.5, 0.6) is 0 Å². The van der Waals surface area contributed by atoms with E-state index in [0.29, 0.717) is 21.9 Å². The van der Waals surface area contributed by atoms with Crippen LogP contribution in [0.1, 0.15) is 26.5 Å². The molecule has 0 spiro atoms. The normalized spacial score (nSPS) is 13.3. The molecule has 2 aromatic heterocycles. The van der Waals surface area contributed by atoms with Gasteiger partial charge in [-0.2, -0.15) is 0 Å². The predicted molar refractivity (Wildman–Crippen MR) is 96.8 cm³/mol. The van der Waals surface area contributed by atoms with Gasteiger partial charge in [0.25, 0.3) is 11.8 Å². The van der Waals surface area contributed by atoms with Crippen molar-refractivity contribution < 1.29 is 14.4 Å². The quantitative estimate of drug-likeness (QED) is 0.285. The van der Waals surface area contributed by atoms with Crippen molar-refractivity contribution in [2.45, 2.75) is 6.42 Å². The Labute approximate surface area is 154 Å². The molecule has 1 aliphatic heterocycles. The number of nitrogens with zero attached hydrogens (tertiary/aromatic N) is 3. The molecule has 2 aromatic rings. The number of aromatic nitrogens is 1. The molecule has 0 saturated carbocycles. The van der Waals surface area contributed by atoms with Crippen LogP contribution in [0.4, 0.5) is 0 Å². The lowest BCUT2D eigenvalue weighted by atomic mass is 10.1. The summed E-state index contributed by atoms with van der Waals surface area (Å²) in [5, 5.41) is 2.40. The van der Waals surface area contributed by atoms with Gasteiger partial charge in [-0.05, 0) is 30.0 Å². The number of carbonyl (C=O) groups is 3. The van der Waals surface area contributed by atoms with Gasteiger partial charge in [0.1, 0.15) is 0 Å². The Bertz CT molecular complexity index is 875. The number of imide groups is 1. The van der Waals surface area contributed by atoms with Gasteiger partial charge in [-0.25, -0.2) is 10.9 Å². The van der Waals surface area contributed by atoms with E-state index in [1.165, 1.54) is 29.8 Å². The molecule has 3 heterocycles. The van der Waals surface area contributed by atoms with Crippen LogP contribution in [-0.2, 0) is 4.79 Å². The van der Waals surface area contributed by atoms with Gasteiger partial charge in [0.2, 0.25) is 0 Å². The maximum absolute atomic E-state index is 12.5. The first kappa shape index (κ1) is 17.7. The largest absolute Gasteiger partial charge is 0.346 e. The minimum absolute atomic E-state index is 0.0503. The van der Waals surface area contributed by atoms with Gasteiger partial charge in [0, 0.05) is 30.4 Å². The van der Waals surface area contributed by atoms with Crippen LogP contribution < -0.4 is 5.84 Å². The first-order valence-corrected chi connectivity index (χ1v) is 8.67. The number of amides is 2. The molecule has 7 nitrogen and oxygen atoms in total. The Kier molecular flexibility index (Phi) is 5.35. The van der Waals surface area contributed by atoms with Gasteiger partial charge in [-0.1, -0.05) is 12.1 Å². The average Bonchev–Trinajstić information content (AvgIpc) is 3.22. The van der Waals surface area contributed by atoms with Crippen molar-refractivity contribution in [3.63, 3.8) is 0 Å². The van der Waals surface area contributed by atoms with E-state index in [9.17, 15) is 14.4 Å². The molecule has 26 heavy (non-hydrogen) atoms. The van der Waals surface area contributed by atoms with E-state index >= 15 is 0 Å². The zero-order chi connectivity index (χ0) is 18.5. The molecule has 1 aliphatic rings. The van der Waals surface area contributed by atoms with Crippen molar-refractivity contribution in [2.24, 2.45) is 5.84 Å². The number of hydrogen-bond acceptors (Lipinski definition) is 7. The third kappa shape index (κ3) is 3.93. The second-order valence-corrected chi connectivity index (χ2v) is 6.49. The highest BCUT2D eigenvalue weighted by molar-refractivity contribution is 7.12. The van der Waals surface area contributed by atoms with Crippen molar-refractivity contribution in [1.82, 2.24) is 14.9 Å². The first-order chi connectivity index (χ1) is 12.6. The number of pyridine rings is 1. The van der Waals surface area contributed by atoms with Gasteiger partial charge in [0.05, 0.1) is 17.0 Å². The van der Waals surface area contributed by atoms with Crippen LogP contribution in [0.25, 0.3) is 0 Å². The minimum Gasteiger partial charge on any atom is -0.346 e. The molecule has 2 N–H and O–H groups in total. The summed E-state index contributed by atoms with van der Waals surface area (Å²) >= 11 is 1.37. The summed E-state index contributed by atoms with van der Waals surface area (Å²) in [5.41, 5.74) is 0.547. The zero-order valence-electron chi connectivity index (χ0n) is 13.7. The molecule has 3 rings (SSSR count). The number of allylic oxidation sites excluding steroid dienone is 1. The number of Topliss-reactive ketones (excluding diaryl/α,β-unsaturated/α-hetero) is 1. The molecule has 0 atom stereocenters. The lowest BCUT2D eigenvalue weighted by molar-refractivity contribution is -0.125. The average molecular weight is 368 g/mol. The highest BCUT2D eigenvalue weighted by atomic mass is 32.1. The standard InChI is InChI=1S/C18H16N4O3S/c19-22(17(24)13-4-1-7-20-10-13)18(25)14-5-2-8-21(11-14)12-15(23)16-6-3-9-26-16/h1-4,6-11H,5,12,19H2. The molecular formula is C18H16N4O3S. The van der Waals surface area contributed by atoms with Crippen LogP contribution in [0.2, 0.25) is 0 Å². The number of hydrazine groups is 1. The Morgan fingerprint density at radius 3 is 2.77 bits per heavy atom. The fraction of sp³-hybridized carbons (Fsp3) is 0.111. The van der Waals surface area contributed by atoms with E-state index in [1.807, 2.05) is 11.4 Å². The highest BCUT2D eigenvalue weighted by Crippen LogP contribution is 2.17. The summed E-state index contributed by atoms with van der Waals surface area (Å²) in [6.07, 6.45) is 8.22. The summed E-state index contributed by atoms with van der Waals surface area (Å²) < 4.78 is 0. The van der Waals surface area contributed by atoms with Gasteiger partial charge in [-0.3, -0.25) is 19.4 Å². The van der Waals surface area contributed by atoms with Crippen molar-refractivity contribution in [2.75, 3.05) is 6.54 Å². The summed E-state index contributed by atoms with van der Waals surface area (Å²) in [6.45, 7) is 0.106. The minimum atomic E-state index is -0.639. The summed E-state index contributed by atoms with van der Waals surface area (Å²) in [7, 11) is 0. The van der Waals surface area contributed by atoms with Crippen molar-refractivity contribution in [3.05, 3.63) is 76.5 Å². The second kappa shape index (κ2) is 7.85. The molecule has 0 aromatic carbocycles. The molecule has 0 radical (unpaired) electrons. The Morgan fingerprint density at radius 1 is 1.23 bits per heavy atom. The van der Waals surface area contributed by atoms with Crippen molar-refractivity contribution in [1.29, 1.82) is 0 Å². The third-order valence-corrected chi connectivity index (χ3v) is 4.61. The molecule has 0 unspecified atom stereocenters. The van der Waals surface area contributed by atoms with Crippen molar-refractivity contribution >= 4 is 28.9 Å². The van der Waals surface area contributed by atoms with Crippen LogP contribution in [0, 0.1) is 0 Å². The van der Waals surface area contributed by atoms with E-state index in [4.69, 9.17) is 5.84 Å². The molecule has 2 amide bonds. The van der Waals surface area contributed by atoms with E-state index in [0.717, 1.165) is 0 Å². The molecule has 0 fully saturated rings. The van der Waals surface area contributed by atoms with Gasteiger partial charge < -0.3 is 4.90 Å². The van der Waals surface area contributed by atoms with Crippen LogP contribution in [-0.4, -0.2) is 39.0 Å². The lowest BCUT2D eigenvalue weighted by Gasteiger charge is -2.22. The number of nitrogens with two attached hydrogens (primary N) is 1. The van der Waals surface area contributed by atoms with Gasteiger partial charge >= 0.3 is 0 Å². The molecule has 0 saturated heterocycles. The molecule has 132 valence electrons. The van der Waals surface area contributed by atoms with Crippen LogP contribution in [0.3, 0.4) is 0 Å². The van der Waals surface area contributed by atoms with Crippen LogP contribution >= 0.6 is 11.3 Å². The fourth-order valence-corrected chi connectivity index (χ4v) is 3.06. The molecule has 0 bridgehead atoms. The zero-order valence-corrected chi connectivity index (χ0v) is 14.6. The van der Waals surface area contributed by atoms with Crippen LogP contribution in [0.15, 0.2) is 66.1 Å². The Hall–Kier alpha value is -3.10. The number of carbonyl (C=O) groups excluding carboxylic acids is 3. The van der Waals surface area contributed by atoms with E-state index in [1.54, 1.807) is 35.5 Å². The van der Waals surface area contributed by atoms with E-state index in [-0.39, 0.29) is 17.9 Å². The number of rotatable bonds is 5.